The van der Waals surface area contributed by atoms with Crippen LogP contribution in [0.15, 0.2) is 24.3 Å². The molecule has 1 aromatic rings. The summed E-state index contributed by atoms with van der Waals surface area (Å²) in [6.45, 7) is 9.35. The van der Waals surface area contributed by atoms with Crippen LogP contribution >= 0.6 is 0 Å². The number of hydrogen-bond acceptors (Lipinski definition) is 8. The van der Waals surface area contributed by atoms with E-state index >= 15 is 0 Å². The van der Waals surface area contributed by atoms with Crippen LogP contribution < -0.4 is 4.74 Å². The number of ether oxygens (including phenoxy) is 7. The molecule has 0 amide bonds. The van der Waals surface area contributed by atoms with Gasteiger partial charge >= 0.3 is 0 Å². The van der Waals surface area contributed by atoms with E-state index in [2.05, 4.69) is 6.92 Å². The van der Waals surface area contributed by atoms with Crippen molar-refractivity contribution >= 4 is 6.29 Å². The van der Waals surface area contributed by atoms with Gasteiger partial charge in [0.05, 0.1) is 72.7 Å². The zero-order chi connectivity index (χ0) is 22.2. The number of unbranched alkanes of at least 4 members (excludes halogenated alkanes) is 1. The second-order valence-electron chi connectivity index (χ2n) is 6.56. The lowest BCUT2D eigenvalue weighted by Crippen LogP contribution is -2.14. The maximum absolute atomic E-state index is 10.6. The minimum absolute atomic E-state index is 0.446. The van der Waals surface area contributed by atoms with Crippen LogP contribution in [-0.2, 0) is 28.4 Å². The maximum Gasteiger partial charge on any atom is 0.150 e. The van der Waals surface area contributed by atoms with Gasteiger partial charge in [-0.25, -0.2) is 0 Å². The summed E-state index contributed by atoms with van der Waals surface area (Å²) < 4.78 is 38.1. The fourth-order valence-electron chi connectivity index (χ4n) is 2.31. The number of aldehydes is 1. The fourth-order valence-corrected chi connectivity index (χ4v) is 2.31. The molecule has 0 saturated carbocycles. The van der Waals surface area contributed by atoms with Crippen molar-refractivity contribution in [3.8, 4) is 5.75 Å². The van der Waals surface area contributed by atoms with Crippen molar-refractivity contribution in [3.63, 3.8) is 0 Å². The molecule has 0 fully saturated rings. The molecule has 0 bridgehead atoms. The molecule has 0 aliphatic rings. The Morgan fingerprint density at radius 2 is 0.968 bits per heavy atom. The van der Waals surface area contributed by atoms with E-state index in [9.17, 15) is 4.79 Å². The molecular formula is C23H38O8. The highest BCUT2D eigenvalue weighted by Gasteiger charge is 1.96. The van der Waals surface area contributed by atoms with Gasteiger partial charge in [-0.1, -0.05) is 13.3 Å². The second-order valence-corrected chi connectivity index (χ2v) is 6.56. The van der Waals surface area contributed by atoms with Gasteiger partial charge in [0.15, 0.2) is 0 Å². The van der Waals surface area contributed by atoms with Gasteiger partial charge in [-0.2, -0.15) is 0 Å². The van der Waals surface area contributed by atoms with Crippen molar-refractivity contribution in [1.82, 2.24) is 0 Å². The highest BCUT2D eigenvalue weighted by molar-refractivity contribution is 5.74. The maximum atomic E-state index is 10.6. The topological polar surface area (TPSA) is 81.7 Å². The van der Waals surface area contributed by atoms with Crippen LogP contribution in [0.3, 0.4) is 0 Å². The molecule has 0 radical (unpaired) electrons. The number of benzene rings is 1. The third kappa shape index (κ3) is 17.8. The van der Waals surface area contributed by atoms with Gasteiger partial charge in [-0.15, -0.1) is 0 Å². The summed E-state index contributed by atoms with van der Waals surface area (Å²) in [6, 6.07) is 6.95. The molecule has 1 rings (SSSR count). The summed E-state index contributed by atoms with van der Waals surface area (Å²) in [4.78, 5) is 10.6. The summed E-state index contributed by atoms with van der Waals surface area (Å²) in [6.07, 6.45) is 3.05. The molecule has 0 spiro atoms. The molecule has 0 N–H and O–H groups in total. The smallest absolute Gasteiger partial charge is 0.150 e. The zero-order valence-corrected chi connectivity index (χ0v) is 18.8. The normalized spacial score (nSPS) is 11.0. The average molecular weight is 443 g/mol. The molecule has 0 atom stereocenters. The van der Waals surface area contributed by atoms with Crippen LogP contribution in [0.1, 0.15) is 30.1 Å². The lowest BCUT2D eigenvalue weighted by molar-refractivity contribution is -0.0178. The quantitative estimate of drug-likeness (QED) is 0.189. The predicted molar refractivity (Wildman–Crippen MR) is 117 cm³/mol. The third-order valence-electron chi connectivity index (χ3n) is 4.01. The molecule has 0 saturated heterocycles. The van der Waals surface area contributed by atoms with Crippen LogP contribution in [0, 0.1) is 0 Å². The first-order valence-corrected chi connectivity index (χ1v) is 11.0. The Labute approximate surface area is 186 Å². The van der Waals surface area contributed by atoms with Crippen molar-refractivity contribution in [2.24, 2.45) is 0 Å². The van der Waals surface area contributed by atoms with Crippen molar-refractivity contribution < 1.29 is 38.0 Å². The number of hydrogen-bond donors (Lipinski definition) is 0. The lowest BCUT2D eigenvalue weighted by Gasteiger charge is -2.09. The molecule has 1 aromatic carbocycles. The van der Waals surface area contributed by atoms with Crippen LogP contribution in [0.5, 0.6) is 5.75 Å². The molecule has 8 nitrogen and oxygen atoms in total. The minimum atomic E-state index is 0.446. The van der Waals surface area contributed by atoms with Gasteiger partial charge in [0, 0.05) is 12.2 Å². The summed E-state index contributed by atoms with van der Waals surface area (Å²) in [5.41, 5.74) is 0.626. The monoisotopic (exact) mass is 442 g/mol. The van der Waals surface area contributed by atoms with E-state index < -0.39 is 0 Å². The molecular weight excluding hydrogens is 404 g/mol. The van der Waals surface area contributed by atoms with E-state index in [1.165, 1.54) is 0 Å². The van der Waals surface area contributed by atoms with Gasteiger partial charge in [0.1, 0.15) is 18.6 Å². The molecule has 0 heterocycles. The largest absolute Gasteiger partial charge is 0.491 e. The third-order valence-corrected chi connectivity index (χ3v) is 4.01. The fraction of sp³-hybridized carbons (Fsp3) is 0.696. The van der Waals surface area contributed by atoms with E-state index in [-0.39, 0.29) is 0 Å². The molecule has 0 aliphatic heterocycles. The van der Waals surface area contributed by atoms with E-state index in [0.29, 0.717) is 90.6 Å². The van der Waals surface area contributed by atoms with Crippen molar-refractivity contribution in [2.45, 2.75) is 19.8 Å². The van der Waals surface area contributed by atoms with Crippen molar-refractivity contribution in [2.75, 3.05) is 85.9 Å². The zero-order valence-electron chi connectivity index (χ0n) is 18.8. The highest BCUT2D eigenvalue weighted by Crippen LogP contribution is 2.10. The Balaban J connectivity index is 1.71. The molecule has 0 aromatic heterocycles. The average Bonchev–Trinajstić information content (AvgIpc) is 2.80. The van der Waals surface area contributed by atoms with Gasteiger partial charge in [0.25, 0.3) is 0 Å². The molecule has 8 heteroatoms. The molecule has 0 unspecified atom stereocenters. The summed E-state index contributed by atoms with van der Waals surface area (Å²) in [7, 11) is 0. The van der Waals surface area contributed by atoms with E-state index in [4.69, 9.17) is 33.2 Å². The minimum Gasteiger partial charge on any atom is -0.491 e. The number of rotatable bonds is 23. The summed E-state index contributed by atoms with van der Waals surface area (Å²) >= 11 is 0. The Hall–Kier alpha value is -1.55. The number of carbonyl (C=O) groups is 1. The first kappa shape index (κ1) is 27.5. The van der Waals surface area contributed by atoms with E-state index in [0.717, 1.165) is 25.7 Å². The second kappa shape index (κ2) is 21.7. The summed E-state index contributed by atoms with van der Waals surface area (Å²) in [5, 5.41) is 0. The SMILES string of the molecule is CCCCOCCOCCOCCOCCOCCOCCOc1ccc(C=O)cc1. The molecule has 31 heavy (non-hydrogen) atoms. The Morgan fingerprint density at radius 1 is 0.581 bits per heavy atom. The van der Waals surface area contributed by atoms with Crippen molar-refractivity contribution in [3.05, 3.63) is 29.8 Å². The van der Waals surface area contributed by atoms with Crippen LogP contribution in [0.25, 0.3) is 0 Å². The van der Waals surface area contributed by atoms with Gasteiger partial charge < -0.3 is 33.2 Å². The van der Waals surface area contributed by atoms with Gasteiger partial charge in [-0.3, -0.25) is 4.79 Å². The molecule has 178 valence electrons. The predicted octanol–water partition coefficient (Wildman–Crippen LogP) is 2.78. The first-order chi connectivity index (χ1) is 15.4. The van der Waals surface area contributed by atoms with E-state index in [1.807, 2.05) is 0 Å². The molecule has 0 aliphatic carbocycles. The van der Waals surface area contributed by atoms with Crippen LogP contribution in [-0.4, -0.2) is 92.2 Å². The lowest BCUT2D eigenvalue weighted by atomic mass is 10.2. The van der Waals surface area contributed by atoms with Gasteiger partial charge in [0.2, 0.25) is 0 Å². The highest BCUT2D eigenvalue weighted by atomic mass is 16.6. The Kier molecular flexibility index (Phi) is 19.2. The van der Waals surface area contributed by atoms with Crippen LogP contribution in [0.2, 0.25) is 0 Å². The Morgan fingerprint density at radius 3 is 1.35 bits per heavy atom. The first-order valence-electron chi connectivity index (χ1n) is 11.0. The standard InChI is InChI=1S/C23H38O8/c1-2-3-8-25-9-10-26-11-12-27-13-14-28-15-16-29-17-18-30-19-20-31-23-6-4-22(21-24)5-7-23/h4-7,21H,2-3,8-20H2,1H3. The van der Waals surface area contributed by atoms with Crippen LogP contribution in [0.4, 0.5) is 0 Å². The Bertz CT molecular complexity index is 509. The van der Waals surface area contributed by atoms with Crippen molar-refractivity contribution in [1.29, 1.82) is 0 Å². The summed E-state index contributed by atoms with van der Waals surface area (Å²) in [5.74, 6) is 0.714. The van der Waals surface area contributed by atoms with E-state index in [1.54, 1.807) is 24.3 Å². The number of carbonyl (C=O) groups excluding carboxylic acids is 1. The van der Waals surface area contributed by atoms with Gasteiger partial charge in [-0.05, 0) is 30.7 Å².